The van der Waals surface area contributed by atoms with E-state index in [0.717, 1.165) is 11.1 Å². The quantitative estimate of drug-likeness (QED) is 0.763. The highest BCUT2D eigenvalue weighted by molar-refractivity contribution is 5.72. The van der Waals surface area contributed by atoms with E-state index in [9.17, 15) is 5.11 Å². The van der Waals surface area contributed by atoms with Gasteiger partial charge in [0.1, 0.15) is 5.75 Å². The molecule has 0 aliphatic heterocycles. The number of rotatable bonds is 2. The molecule has 20 heavy (non-hydrogen) atoms. The van der Waals surface area contributed by atoms with Gasteiger partial charge < -0.3 is 5.11 Å². The van der Waals surface area contributed by atoms with Crippen molar-refractivity contribution in [2.45, 2.75) is 6.92 Å². The maximum atomic E-state index is 9.89. The standard InChI is InChI=1S/C17H14N2O/c1-12-6-8-13(9-7-12)14-10-16(19-18-11-14)15-4-2-3-5-17(15)20/h2-11,20H,1H3. The lowest BCUT2D eigenvalue weighted by molar-refractivity contribution is 0.477. The molecular weight excluding hydrogens is 248 g/mol. The Morgan fingerprint density at radius 3 is 2.40 bits per heavy atom. The fraction of sp³-hybridized carbons (Fsp3) is 0.0588. The maximum absolute atomic E-state index is 9.89. The van der Waals surface area contributed by atoms with Gasteiger partial charge in [0.15, 0.2) is 0 Å². The van der Waals surface area contributed by atoms with Gasteiger partial charge in [-0.25, -0.2) is 0 Å². The Balaban J connectivity index is 2.06. The molecule has 2 aromatic carbocycles. The summed E-state index contributed by atoms with van der Waals surface area (Å²) in [5.41, 5.74) is 4.65. The predicted octanol–water partition coefficient (Wildman–Crippen LogP) is 3.82. The zero-order valence-electron chi connectivity index (χ0n) is 11.1. The molecule has 1 N–H and O–H groups in total. The van der Waals surface area contributed by atoms with E-state index in [4.69, 9.17) is 0 Å². The van der Waals surface area contributed by atoms with E-state index in [1.165, 1.54) is 5.56 Å². The van der Waals surface area contributed by atoms with Crippen molar-refractivity contribution < 1.29 is 5.11 Å². The molecule has 0 bridgehead atoms. The van der Waals surface area contributed by atoms with E-state index < -0.39 is 0 Å². The van der Waals surface area contributed by atoms with Crippen LogP contribution in [0.15, 0.2) is 60.8 Å². The van der Waals surface area contributed by atoms with Gasteiger partial charge in [0, 0.05) is 11.1 Å². The number of phenols is 1. The zero-order chi connectivity index (χ0) is 13.9. The first-order valence-electron chi connectivity index (χ1n) is 6.42. The normalized spacial score (nSPS) is 10.4. The number of hydrogen-bond acceptors (Lipinski definition) is 3. The molecule has 1 heterocycles. The first-order valence-corrected chi connectivity index (χ1v) is 6.42. The number of nitrogens with zero attached hydrogens (tertiary/aromatic N) is 2. The fourth-order valence-corrected chi connectivity index (χ4v) is 2.09. The third-order valence-electron chi connectivity index (χ3n) is 3.22. The Morgan fingerprint density at radius 1 is 0.900 bits per heavy atom. The summed E-state index contributed by atoms with van der Waals surface area (Å²) < 4.78 is 0. The molecule has 0 saturated carbocycles. The van der Waals surface area contributed by atoms with Crippen molar-refractivity contribution in [2.75, 3.05) is 0 Å². The largest absolute Gasteiger partial charge is 0.507 e. The molecular formula is C17H14N2O. The monoisotopic (exact) mass is 262 g/mol. The minimum Gasteiger partial charge on any atom is -0.507 e. The van der Waals surface area contributed by atoms with Gasteiger partial charge in [-0.2, -0.15) is 10.2 Å². The molecule has 0 fully saturated rings. The van der Waals surface area contributed by atoms with Crippen molar-refractivity contribution in [2.24, 2.45) is 0 Å². The van der Waals surface area contributed by atoms with Crippen LogP contribution in [-0.4, -0.2) is 15.3 Å². The first-order chi connectivity index (χ1) is 9.74. The first kappa shape index (κ1) is 12.4. The topological polar surface area (TPSA) is 46.0 Å². The van der Waals surface area contributed by atoms with Crippen molar-refractivity contribution in [3.63, 3.8) is 0 Å². The lowest BCUT2D eigenvalue weighted by atomic mass is 10.0. The van der Waals surface area contributed by atoms with E-state index >= 15 is 0 Å². The van der Waals surface area contributed by atoms with Crippen LogP contribution in [-0.2, 0) is 0 Å². The van der Waals surface area contributed by atoms with Gasteiger partial charge in [-0.3, -0.25) is 0 Å². The highest BCUT2D eigenvalue weighted by atomic mass is 16.3. The van der Waals surface area contributed by atoms with Crippen LogP contribution in [0.25, 0.3) is 22.4 Å². The molecule has 3 rings (SSSR count). The van der Waals surface area contributed by atoms with Crippen molar-refractivity contribution in [3.05, 3.63) is 66.4 Å². The van der Waals surface area contributed by atoms with Crippen LogP contribution in [0.2, 0.25) is 0 Å². The van der Waals surface area contributed by atoms with Crippen LogP contribution in [0.5, 0.6) is 5.75 Å². The molecule has 0 aliphatic rings. The summed E-state index contributed by atoms with van der Waals surface area (Å²) in [4.78, 5) is 0. The Morgan fingerprint density at radius 2 is 1.65 bits per heavy atom. The van der Waals surface area contributed by atoms with Gasteiger partial charge in [0.25, 0.3) is 0 Å². The van der Waals surface area contributed by atoms with Gasteiger partial charge in [-0.1, -0.05) is 42.0 Å². The Hall–Kier alpha value is -2.68. The van der Waals surface area contributed by atoms with Crippen molar-refractivity contribution in [3.8, 4) is 28.1 Å². The Kier molecular flexibility index (Phi) is 3.17. The number of aryl methyl sites for hydroxylation is 1. The number of para-hydroxylation sites is 1. The molecule has 0 unspecified atom stereocenters. The van der Waals surface area contributed by atoms with Crippen LogP contribution in [0.1, 0.15) is 5.56 Å². The SMILES string of the molecule is Cc1ccc(-c2cnnc(-c3ccccc3O)c2)cc1. The predicted molar refractivity (Wildman–Crippen MR) is 79.3 cm³/mol. The van der Waals surface area contributed by atoms with Crippen LogP contribution < -0.4 is 0 Å². The van der Waals surface area contributed by atoms with E-state index in [2.05, 4.69) is 41.4 Å². The van der Waals surface area contributed by atoms with Gasteiger partial charge in [0.05, 0.1) is 11.9 Å². The zero-order valence-corrected chi connectivity index (χ0v) is 11.1. The lowest BCUT2D eigenvalue weighted by Gasteiger charge is -2.06. The Labute approximate surface area is 117 Å². The summed E-state index contributed by atoms with van der Waals surface area (Å²) in [5, 5.41) is 18.0. The molecule has 3 heteroatoms. The molecule has 0 aliphatic carbocycles. The second kappa shape index (κ2) is 5.13. The molecule has 3 aromatic rings. The van der Waals surface area contributed by atoms with Crippen molar-refractivity contribution in [1.82, 2.24) is 10.2 Å². The summed E-state index contributed by atoms with van der Waals surface area (Å²) in [5.74, 6) is 0.211. The number of aromatic hydroxyl groups is 1. The highest BCUT2D eigenvalue weighted by Gasteiger charge is 2.07. The van der Waals surface area contributed by atoms with Crippen molar-refractivity contribution >= 4 is 0 Å². The summed E-state index contributed by atoms with van der Waals surface area (Å²) >= 11 is 0. The molecule has 0 spiro atoms. The highest BCUT2D eigenvalue weighted by Crippen LogP contribution is 2.29. The van der Waals surface area contributed by atoms with Gasteiger partial charge in [0.2, 0.25) is 0 Å². The van der Waals surface area contributed by atoms with Gasteiger partial charge in [-0.05, 0) is 30.7 Å². The van der Waals surface area contributed by atoms with E-state index in [0.29, 0.717) is 11.3 Å². The smallest absolute Gasteiger partial charge is 0.125 e. The fourth-order valence-electron chi connectivity index (χ4n) is 2.09. The van der Waals surface area contributed by atoms with Crippen LogP contribution in [0.3, 0.4) is 0 Å². The average molecular weight is 262 g/mol. The van der Waals surface area contributed by atoms with Crippen LogP contribution >= 0.6 is 0 Å². The molecule has 1 aromatic heterocycles. The van der Waals surface area contributed by atoms with E-state index in [1.807, 2.05) is 18.2 Å². The second-order valence-electron chi connectivity index (χ2n) is 4.71. The summed E-state index contributed by atoms with van der Waals surface area (Å²) in [6, 6.07) is 17.3. The van der Waals surface area contributed by atoms with Crippen molar-refractivity contribution in [1.29, 1.82) is 0 Å². The second-order valence-corrected chi connectivity index (χ2v) is 4.71. The minimum absolute atomic E-state index is 0.211. The van der Waals surface area contributed by atoms with E-state index in [-0.39, 0.29) is 5.75 Å². The average Bonchev–Trinajstić information content (AvgIpc) is 2.49. The molecule has 98 valence electrons. The molecule has 0 saturated heterocycles. The van der Waals surface area contributed by atoms with Crippen LogP contribution in [0, 0.1) is 6.92 Å². The van der Waals surface area contributed by atoms with Crippen LogP contribution in [0.4, 0.5) is 0 Å². The number of aromatic nitrogens is 2. The third-order valence-corrected chi connectivity index (χ3v) is 3.22. The lowest BCUT2D eigenvalue weighted by Crippen LogP contribution is -1.89. The molecule has 3 nitrogen and oxygen atoms in total. The summed E-state index contributed by atoms with van der Waals surface area (Å²) in [7, 11) is 0. The molecule has 0 radical (unpaired) electrons. The van der Waals surface area contributed by atoms with Gasteiger partial charge >= 0.3 is 0 Å². The molecule has 0 amide bonds. The van der Waals surface area contributed by atoms with E-state index in [1.54, 1.807) is 18.3 Å². The van der Waals surface area contributed by atoms with Gasteiger partial charge in [-0.15, -0.1) is 0 Å². The number of phenolic OH excluding ortho intramolecular Hbond substituents is 1. The number of benzene rings is 2. The summed E-state index contributed by atoms with van der Waals surface area (Å²) in [6.07, 6.45) is 1.73. The number of hydrogen-bond donors (Lipinski definition) is 1. The third kappa shape index (κ3) is 2.38. The minimum atomic E-state index is 0.211. The maximum Gasteiger partial charge on any atom is 0.125 e. The molecule has 0 atom stereocenters. The Bertz CT molecular complexity index is 736. The summed E-state index contributed by atoms with van der Waals surface area (Å²) in [6.45, 7) is 2.06.